The summed E-state index contributed by atoms with van der Waals surface area (Å²) in [6.07, 6.45) is 0.0231. The lowest BCUT2D eigenvalue weighted by Gasteiger charge is -2.05. The van der Waals surface area contributed by atoms with Crippen molar-refractivity contribution in [2.24, 2.45) is 0 Å². The van der Waals surface area contributed by atoms with Crippen LogP contribution in [0.5, 0.6) is 5.75 Å². The van der Waals surface area contributed by atoms with Crippen LogP contribution in [0.1, 0.15) is 5.56 Å². The molecule has 0 aromatic heterocycles. The molecule has 16 heavy (non-hydrogen) atoms. The summed E-state index contributed by atoms with van der Waals surface area (Å²) in [6, 6.07) is 5.19. The molecule has 0 fully saturated rings. The van der Waals surface area contributed by atoms with Gasteiger partial charge >= 0.3 is 5.97 Å². The topological polar surface area (TPSA) is 52.6 Å². The minimum absolute atomic E-state index is 0.0231. The number of hydrogen-bond acceptors (Lipinski definition) is 4. The average molecular weight is 287 g/mol. The molecular formula is C11H11BrO4. The van der Waals surface area contributed by atoms with Crippen molar-refractivity contribution in [1.82, 2.24) is 0 Å². The van der Waals surface area contributed by atoms with Gasteiger partial charge in [-0.15, -0.1) is 0 Å². The lowest BCUT2D eigenvalue weighted by atomic mass is 10.1. The van der Waals surface area contributed by atoms with Crippen LogP contribution in [0.25, 0.3) is 0 Å². The molecule has 86 valence electrons. The van der Waals surface area contributed by atoms with Crippen LogP contribution in [-0.2, 0) is 20.7 Å². The van der Waals surface area contributed by atoms with E-state index < -0.39 is 11.8 Å². The fourth-order valence-electron chi connectivity index (χ4n) is 1.19. The number of ether oxygens (including phenoxy) is 2. The Morgan fingerprint density at radius 1 is 1.31 bits per heavy atom. The summed E-state index contributed by atoms with van der Waals surface area (Å²) in [7, 11) is 2.74. The Morgan fingerprint density at radius 2 is 2.00 bits per heavy atom. The van der Waals surface area contributed by atoms with Crippen molar-refractivity contribution in [3.8, 4) is 5.75 Å². The first-order valence-corrected chi connectivity index (χ1v) is 5.31. The highest BCUT2D eigenvalue weighted by molar-refractivity contribution is 9.10. The van der Waals surface area contributed by atoms with E-state index in [2.05, 4.69) is 20.7 Å². The van der Waals surface area contributed by atoms with E-state index >= 15 is 0 Å². The Balaban J connectivity index is 2.79. The van der Waals surface area contributed by atoms with Gasteiger partial charge in [0.25, 0.3) is 0 Å². The first kappa shape index (κ1) is 12.7. The maximum atomic E-state index is 11.3. The molecule has 1 aromatic carbocycles. The van der Waals surface area contributed by atoms with Crippen molar-refractivity contribution in [2.45, 2.75) is 6.42 Å². The molecule has 0 aliphatic carbocycles. The number of hydrogen-bond donors (Lipinski definition) is 0. The molecular weight excluding hydrogens is 276 g/mol. The predicted octanol–water partition coefficient (Wildman–Crippen LogP) is 1.74. The van der Waals surface area contributed by atoms with Gasteiger partial charge in [0.1, 0.15) is 5.75 Å². The first-order valence-electron chi connectivity index (χ1n) is 4.52. The van der Waals surface area contributed by atoms with Crippen molar-refractivity contribution in [1.29, 1.82) is 0 Å². The lowest BCUT2D eigenvalue weighted by Crippen LogP contribution is -2.17. The fraction of sp³-hybridized carbons (Fsp3) is 0.273. The molecule has 0 amide bonds. The number of carbonyl (C=O) groups excluding carboxylic acids is 2. The molecule has 0 unspecified atom stereocenters. The van der Waals surface area contributed by atoms with Gasteiger partial charge in [-0.25, -0.2) is 4.79 Å². The van der Waals surface area contributed by atoms with E-state index in [4.69, 9.17) is 4.74 Å². The summed E-state index contributed by atoms with van der Waals surface area (Å²) in [5.41, 5.74) is 0.725. The van der Waals surface area contributed by atoms with Gasteiger partial charge in [-0.2, -0.15) is 0 Å². The van der Waals surface area contributed by atoms with Gasteiger partial charge in [0, 0.05) is 6.42 Å². The quantitative estimate of drug-likeness (QED) is 0.625. The number of Topliss-reactive ketones (excluding diaryl/α,β-unsaturated/α-hetero) is 1. The predicted molar refractivity (Wildman–Crippen MR) is 61.4 cm³/mol. The summed E-state index contributed by atoms with van der Waals surface area (Å²) in [5.74, 6) is -0.722. The lowest BCUT2D eigenvalue weighted by molar-refractivity contribution is -0.151. The molecule has 0 radical (unpaired) electrons. The van der Waals surface area contributed by atoms with Gasteiger partial charge in [-0.1, -0.05) is 6.07 Å². The average Bonchev–Trinajstić information content (AvgIpc) is 2.28. The van der Waals surface area contributed by atoms with Crippen molar-refractivity contribution in [3.05, 3.63) is 28.2 Å². The van der Waals surface area contributed by atoms with E-state index in [1.807, 2.05) is 0 Å². The second-order valence-electron chi connectivity index (χ2n) is 3.06. The number of methoxy groups -OCH3 is 2. The maximum Gasteiger partial charge on any atom is 0.374 e. The molecule has 4 nitrogen and oxygen atoms in total. The van der Waals surface area contributed by atoms with E-state index in [0.29, 0.717) is 5.75 Å². The molecule has 0 heterocycles. The first-order chi connectivity index (χ1) is 7.58. The van der Waals surface area contributed by atoms with E-state index in [-0.39, 0.29) is 6.42 Å². The Labute approximate surface area is 102 Å². The smallest absolute Gasteiger partial charge is 0.374 e. The van der Waals surface area contributed by atoms with Gasteiger partial charge in [0.15, 0.2) is 0 Å². The highest BCUT2D eigenvalue weighted by Crippen LogP contribution is 2.25. The molecule has 0 atom stereocenters. The van der Waals surface area contributed by atoms with Crippen LogP contribution in [0.15, 0.2) is 22.7 Å². The van der Waals surface area contributed by atoms with E-state index in [1.165, 1.54) is 7.11 Å². The molecule has 0 spiro atoms. The van der Waals surface area contributed by atoms with E-state index in [9.17, 15) is 9.59 Å². The Hall–Kier alpha value is -1.36. The Kier molecular flexibility index (Phi) is 4.49. The molecule has 0 bridgehead atoms. The largest absolute Gasteiger partial charge is 0.496 e. The fourth-order valence-corrected chi connectivity index (χ4v) is 1.78. The molecule has 0 aliphatic heterocycles. The zero-order chi connectivity index (χ0) is 12.1. The minimum Gasteiger partial charge on any atom is -0.496 e. The maximum absolute atomic E-state index is 11.3. The van der Waals surface area contributed by atoms with Crippen LogP contribution >= 0.6 is 15.9 Å². The SMILES string of the molecule is COC(=O)C(=O)Cc1ccc(OC)c(Br)c1. The number of ketones is 1. The Bertz CT molecular complexity index is 414. The highest BCUT2D eigenvalue weighted by atomic mass is 79.9. The Morgan fingerprint density at radius 3 is 2.50 bits per heavy atom. The third-order valence-corrected chi connectivity index (χ3v) is 2.61. The van der Waals surface area contributed by atoms with E-state index in [1.54, 1.807) is 25.3 Å². The minimum atomic E-state index is -0.827. The standard InChI is InChI=1S/C11H11BrO4/c1-15-10-4-3-7(5-8(10)12)6-9(13)11(14)16-2/h3-5H,6H2,1-2H3. The van der Waals surface area contributed by atoms with Gasteiger partial charge in [-0.05, 0) is 33.6 Å². The second kappa shape index (κ2) is 5.65. The molecule has 0 saturated carbocycles. The summed E-state index contributed by atoms with van der Waals surface area (Å²) in [6.45, 7) is 0. The third kappa shape index (κ3) is 3.06. The summed E-state index contributed by atoms with van der Waals surface area (Å²) in [5, 5.41) is 0. The number of halogens is 1. The van der Waals surface area contributed by atoms with Gasteiger partial charge < -0.3 is 9.47 Å². The molecule has 1 rings (SSSR count). The number of esters is 1. The molecule has 1 aromatic rings. The van der Waals surface area contributed by atoms with Crippen LogP contribution in [0, 0.1) is 0 Å². The van der Waals surface area contributed by atoms with Gasteiger partial charge in [-0.3, -0.25) is 4.79 Å². The zero-order valence-electron chi connectivity index (χ0n) is 8.95. The third-order valence-electron chi connectivity index (χ3n) is 1.99. The van der Waals surface area contributed by atoms with Gasteiger partial charge in [0.2, 0.25) is 5.78 Å². The van der Waals surface area contributed by atoms with Crippen LogP contribution in [0.2, 0.25) is 0 Å². The van der Waals surface area contributed by atoms with Crippen LogP contribution in [0.3, 0.4) is 0 Å². The number of rotatable bonds is 4. The number of benzene rings is 1. The van der Waals surface area contributed by atoms with Crippen molar-refractivity contribution < 1.29 is 19.1 Å². The summed E-state index contributed by atoms with van der Waals surface area (Å²) < 4.78 is 10.1. The van der Waals surface area contributed by atoms with Crippen molar-refractivity contribution >= 4 is 27.7 Å². The monoisotopic (exact) mass is 286 g/mol. The number of carbonyl (C=O) groups is 2. The van der Waals surface area contributed by atoms with Crippen LogP contribution in [0.4, 0.5) is 0 Å². The summed E-state index contributed by atoms with van der Waals surface area (Å²) >= 11 is 3.30. The van der Waals surface area contributed by atoms with E-state index in [0.717, 1.165) is 10.0 Å². The normalized spacial score (nSPS) is 9.69. The molecule has 0 N–H and O–H groups in total. The van der Waals surface area contributed by atoms with Crippen LogP contribution < -0.4 is 4.74 Å². The van der Waals surface area contributed by atoms with Crippen molar-refractivity contribution in [2.75, 3.05) is 14.2 Å². The van der Waals surface area contributed by atoms with Crippen LogP contribution in [-0.4, -0.2) is 26.0 Å². The molecule has 0 aliphatic rings. The highest BCUT2D eigenvalue weighted by Gasteiger charge is 2.14. The van der Waals surface area contributed by atoms with Gasteiger partial charge in [0.05, 0.1) is 18.7 Å². The molecule has 0 saturated heterocycles. The van der Waals surface area contributed by atoms with Crippen molar-refractivity contribution in [3.63, 3.8) is 0 Å². The zero-order valence-corrected chi connectivity index (χ0v) is 10.5. The second-order valence-corrected chi connectivity index (χ2v) is 3.91. The molecule has 5 heteroatoms. The summed E-state index contributed by atoms with van der Waals surface area (Å²) in [4.78, 5) is 22.2.